The summed E-state index contributed by atoms with van der Waals surface area (Å²) in [6.45, 7) is 1.63. The third kappa shape index (κ3) is 5.04. The minimum absolute atomic E-state index is 0.265. The molecule has 6 nitrogen and oxygen atoms in total. The smallest absolute Gasteiger partial charge is 0.309 e. The highest BCUT2D eigenvalue weighted by Crippen LogP contribution is 2.17. The number of carbonyl (C=O) groups is 2. The number of carboxylic acid groups (broad SMARTS) is 1. The average Bonchev–Trinajstić information content (AvgIpc) is 2.59. The Labute approximate surface area is 135 Å². The Hall–Kier alpha value is -1.92. The molecule has 1 saturated heterocycles. The molecule has 1 heterocycles. The topological polar surface area (TPSA) is 87.1 Å². The normalized spacial score (nSPS) is 17.5. The van der Waals surface area contributed by atoms with E-state index in [4.69, 9.17) is 4.74 Å². The third-order valence-electron chi connectivity index (χ3n) is 4.10. The molecule has 2 rings (SSSR count). The number of ether oxygens (including phenoxy) is 1. The minimum Gasteiger partial charge on any atom is -0.481 e. The molecule has 1 amide bonds. The molecule has 0 aromatic heterocycles. The summed E-state index contributed by atoms with van der Waals surface area (Å²) in [5.74, 6) is -2.72. The van der Waals surface area contributed by atoms with Crippen molar-refractivity contribution in [3.63, 3.8) is 0 Å². The Kier molecular flexibility index (Phi) is 6.55. The quantitative estimate of drug-likeness (QED) is 0.780. The molecule has 1 aromatic carbocycles. The molecule has 0 radical (unpaired) electrons. The summed E-state index contributed by atoms with van der Waals surface area (Å²) in [6, 6.07) is 9.74. The minimum atomic E-state index is -1.50. The van der Waals surface area contributed by atoms with Gasteiger partial charge in [0.2, 0.25) is 0 Å². The first-order valence-corrected chi connectivity index (χ1v) is 7.91. The van der Waals surface area contributed by atoms with Crippen molar-refractivity contribution < 1.29 is 24.5 Å². The zero-order valence-electron chi connectivity index (χ0n) is 13.1. The van der Waals surface area contributed by atoms with E-state index in [1.807, 2.05) is 30.3 Å². The van der Waals surface area contributed by atoms with Crippen LogP contribution in [0, 0.1) is 5.92 Å². The number of benzene rings is 1. The van der Waals surface area contributed by atoms with Gasteiger partial charge in [-0.05, 0) is 24.8 Å². The number of rotatable bonds is 7. The Balaban J connectivity index is 1.89. The molecule has 1 aliphatic rings. The van der Waals surface area contributed by atoms with Crippen LogP contribution in [0.25, 0.3) is 0 Å². The Morgan fingerprint density at radius 1 is 1.17 bits per heavy atom. The van der Waals surface area contributed by atoms with Crippen LogP contribution in [0.3, 0.4) is 0 Å². The highest BCUT2D eigenvalue weighted by molar-refractivity contribution is 5.86. The van der Waals surface area contributed by atoms with Crippen molar-refractivity contribution in [2.75, 3.05) is 26.3 Å². The largest absolute Gasteiger partial charge is 0.481 e. The van der Waals surface area contributed by atoms with E-state index >= 15 is 0 Å². The molecule has 0 spiro atoms. The van der Waals surface area contributed by atoms with Gasteiger partial charge in [-0.25, -0.2) is 0 Å². The van der Waals surface area contributed by atoms with Crippen LogP contribution in [0.2, 0.25) is 0 Å². The predicted molar refractivity (Wildman–Crippen MR) is 83.9 cm³/mol. The fourth-order valence-corrected chi connectivity index (χ4v) is 2.73. The maximum absolute atomic E-state index is 12.2. The summed E-state index contributed by atoms with van der Waals surface area (Å²) < 4.78 is 5.16. The number of aliphatic hydroxyl groups is 1. The van der Waals surface area contributed by atoms with Gasteiger partial charge in [0, 0.05) is 13.1 Å². The van der Waals surface area contributed by atoms with Crippen LogP contribution >= 0.6 is 0 Å². The molecule has 2 atom stereocenters. The number of carboxylic acids is 1. The zero-order chi connectivity index (χ0) is 16.7. The lowest BCUT2D eigenvalue weighted by molar-refractivity contribution is -0.157. The van der Waals surface area contributed by atoms with Crippen LogP contribution in [-0.4, -0.2) is 59.4 Å². The second-order valence-electron chi connectivity index (χ2n) is 5.71. The van der Waals surface area contributed by atoms with Gasteiger partial charge >= 0.3 is 5.97 Å². The highest BCUT2D eigenvalue weighted by atomic mass is 16.5. The Morgan fingerprint density at radius 2 is 1.83 bits per heavy atom. The van der Waals surface area contributed by atoms with Gasteiger partial charge in [-0.3, -0.25) is 9.59 Å². The van der Waals surface area contributed by atoms with Crippen molar-refractivity contribution in [2.45, 2.75) is 25.4 Å². The molecule has 0 saturated carbocycles. The van der Waals surface area contributed by atoms with E-state index in [0.29, 0.717) is 32.7 Å². The lowest BCUT2D eigenvalue weighted by atomic mass is 9.93. The molecule has 23 heavy (non-hydrogen) atoms. The molecule has 1 aromatic rings. The molecule has 1 fully saturated rings. The molecule has 1 unspecified atom stereocenters. The number of aliphatic hydroxyl groups excluding tert-OH is 1. The van der Waals surface area contributed by atoms with Crippen LogP contribution in [0.15, 0.2) is 30.3 Å². The van der Waals surface area contributed by atoms with E-state index in [9.17, 15) is 19.8 Å². The van der Waals surface area contributed by atoms with Crippen molar-refractivity contribution in [2.24, 2.45) is 5.92 Å². The van der Waals surface area contributed by atoms with Crippen LogP contribution in [0.1, 0.15) is 18.4 Å². The highest BCUT2D eigenvalue weighted by Gasteiger charge is 2.34. The van der Waals surface area contributed by atoms with E-state index in [1.54, 1.807) is 0 Å². The monoisotopic (exact) mass is 321 g/mol. The number of carbonyl (C=O) groups excluding carboxylic acids is 1. The molecule has 2 N–H and O–H groups in total. The Bertz CT molecular complexity index is 513. The number of hydrogen-bond donors (Lipinski definition) is 2. The maximum Gasteiger partial charge on any atom is 0.309 e. The van der Waals surface area contributed by atoms with Crippen molar-refractivity contribution in [1.29, 1.82) is 0 Å². The van der Waals surface area contributed by atoms with Crippen LogP contribution in [0.5, 0.6) is 0 Å². The van der Waals surface area contributed by atoms with Crippen LogP contribution in [0.4, 0.5) is 0 Å². The van der Waals surface area contributed by atoms with Crippen molar-refractivity contribution in [1.82, 2.24) is 4.90 Å². The third-order valence-corrected chi connectivity index (χ3v) is 4.10. The van der Waals surface area contributed by atoms with E-state index in [0.717, 1.165) is 12.0 Å². The first-order valence-electron chi connectivity index (χ1n) is 7.91. The number of nitrogens with zero attached hydrogens (tertiary/aromatic N) is 1. The summed E-state index contributed by atoms with van der Waals surface area (Å²) in [7, 11) is 0. The van der Waals surface area contributed by atoms with E-state index < -0.39 is 23.9 Å². The van der Waals surface area contributed by atoms with Gasteiger partial charge in [-0.2, -0.15) is 0 Å². The molecular weight excluding hydrogens is 298 g/mol. The summed E-state index contributed by atoms with van der Waals surface area (Å²) in [5.41, 5.74) is 1.12. The first kappa shape index (κ1) is 17.4. The number of aryl methyl sites for hydroxylation is 1. The van der Waals surface area contributed by atoms with Crippen molar-refractivity contribution in [3.05, 3.63) is 35.9 Å². The Morgan fingerprint density at radius 3 is 2.43 bits per heavy atom. The standard InChI is InChI=1S/C17H23NO5/c19-15(16(20)18-9-11-23-12-10-18)14(17(21)22)8-4-7-13-5-2-1-3-6-13/h1-3,5-6,14-15,19H,4,7-12H2,(H,21,22)/t14?,15-/m0/s1. The maximum atomic E-state index is 12.2. The summed E-state index contributed by atoms with van der Waals surface area (Å²) in [6.07, 6.45) is 0.0975. The number of aliphatic carboxylic acids is 1. The number of hydrogen-bond acceptors (Lipinski definition) is 4. The lowest BCUT2D eigenvalue weighted by Gasteiger charge is -2.30. The first-order chi connectivity index (χ1) is 11.1. The molecule has 0 aliphatic carbocycles. The van der Waals surface area contributed by atoms with Gasteiger partial charge in [-0.15, -0.1) is 0 Å². The van der Waals surface area contributed by atoms with Gasteiger partial charge in [0.1, 0.15) is 6.10 Å². The molecule has 0 bridgehead atoms. The average molecular weight is 321 g/mol. The van der Waals surface area contributed by atoms with Crippen LogP contribution in [-0.2, 0) is 20.7 Å². The second kappa shape index (κ2) is 8.64. The van der Waals surface area contributed by atoms with Crippen molar-refractivity contribution in [3.8, 4) is 0 Å². The van der Waals surface area contributed by atoms with Gasteiger partial charge in [0.15, 0.2) is 0 Å². The summed E-state index contributed by atoms with van der Waals surface area (Å²) >= 11 is 0. The molecule has 6 heteroatoms. The molecular formula is C17H23NO5. The number of amides is 1. The van der Waals surface area contributed by atoms with E-state index in [-0.39, 0.29) is 6.42 Å². The van der Waals surface area contributed by atoms with Crippen LogP contribution < -0.4 is 0 Å². The fourth-order valence-electron chi connectivity index (χ4n) is 2.73. The summed E-state index contributed by atoms with van der Waals surface area (Å²) in [4.78, 5) is 25.1. The second-order valence-corrected chi connectivity index (χ2v) is 5.71. The zero-order valence-corrected chi connectivity index (χ0v) is 13.1. The fraction of sp³-hybridized carbons (Fsp3) is 0.529. The molecule has 126 valence electrons. The van der Waals surface area contributed by atoms with Gasteiger partial charge in [0.05, 0.1) is 19.1 Å². The van der Waals surface area contributed by atoms with Gasteiger partial charge in [0.25, 0.3) is 5.91 Å². The number of morpholine rings is 1. The summed E-state index contributed by atoms with van der Waals surface area (Å²) in [5, 5.41) is 19.5. The SMILES string of the molecule is O=C(O)C(CCCc1ccccc1)[C@H](O)C(=O)N1CCOCC1. The molecule has 1 aliphatic heterocycles. The van der Waals surface area contributed by atoms with E-state index in [2.05, 4.69) is 0 Å². The van der Waals surface area contributed by atoms with E-state index in [1.165, 1.54) is 4.90 Å². The van der Waals surface area contributed by atoms with Gasteiger partial charge in [-0.1, -0.05) is 30.3 Å². The lowest BCUT2D eigenvalue weighted by Crippen LogP contribution is -2.49. The van der Waals surface area contributed by atoms with Gasteiger partial charge < -0.3 is 19.8 Å². The predicted octanol–water partition coefficient (Wildman–Crippen LogP) is 0.930. The van der Waals surface area contributed by atoms with Crippen molar-refractivity contribution >= 4 is 11.9 Å².